The summed E-state index contributed by atoms with van der Waals surface area (Å²) in [6.07, 6.45) is -0.927. The summed E-state index contributed by atoms with van der Waals surface area (Å²) < 4.78 is 31.4. The zero-order valence-electron chi connectivity index (χ0n) is 9.09. The van der Waals surface area contributed by atoms with Crippen molar-refractivity contribution in [3.8, 4) is 17.2 Å². The van der Waals surface area contributed by atoms with Crippen LogP contribution < -0.4 is 13.7 Å². The Hall–Kier alpha value is -1.67. The van der Waals surface area contributed by atoms with Gasteiger partial charge in [0.2, 0.25) is 11.5 Å². The van der Waals surface area contributed by atoms with Gasteiger partial charge in [-0.2, -0.15) is 0 Å². The fraction of sp³-hybridized carbons (Fsp3) is 0.333. The van der Waals surface area contributed by atoms with E-state index < -0.39 is 22.4 Å². The Morgan fingerprint density at radius 1 is 1.41 bits per heavy atom. The molecule has 7 nitrogen and oxygen atoms in total. The average molecular weight is 261 g/mol. The maximum atomic E-state index is 11.2. The smallest absolute Gasteiger partial charge is 0.501 e. The van der Waals surface area contributed by atoms with Crippen molar-refractivity contribution in [2.75, 3.05) is 5.32 Å². The molecule has 1 heterocycles. The third-order valence-electron chi connectivity index (χ3n) is 2.15. The van der Waals surface area contributed by atoms with Crippen LogP contribution in [-0.4, -0.2) is 24.9 Å². The van der Waals surface area contributed by atoms with Gasteiger partial charge in [0.15, 0.2) is 5.75 Å². The number of aliphatic hydroxyl groups is 1. The maximum absolute atomic E-state index is 11.2. The first-order valence-corrected chi connectivity index (χ1v) is 6.08. The minimum absolute atomic E-state index is 0.195. The predicted octanol–water partition coefficient (Wildman–Crippen LogP) is 0.467. The average Bonchev–Trinajstić information content (AvgIpc) is 2.16. The minimum Gasteiger partial charge on any atom is -0.502 e. The van der Waals surface area contributed by atoms with E-state index in [0.717, 1.165) is 0 Å². The first kappa shape index (κ1) is 11.8. The molecule has 0 aliphatic carbocycles. The highest BCUT2D eigenvalue weighted by molar-refractivity contribution is 7.82. The van der Waals surface area contributed by atoms with Crippen LogP contribution in [0.5, 0.6) is 17.2 Å². The summed E-state index contributed by atoms with van der Waals surface area (Å²) in [5.74, 6) is -0.888. The summed E-state index contributed by atoms with van der Waals surface area (Å²) in [6.45, 7) is 3.10. The van der Waals surface area contributed by atoms with Gasteiger partial charge in [-0.15, -0.1) is 8.42 Å². The van der Waals surface area contributed by atoms with Crippen LogP contribution in [-0.2, 0) is 10.4 Å². The lowest BCUT2D eigenvalue weighted by Gasteiger charge is -2.22. The third-order valence-corrected chi connectivity index (χ3v) is 2.90. The van der Waals surface area contributed by atoms with Gasteiger partial charge in [-0.1, -0.05) is 0 Å². The fourth-order valence-corrected chi connectivity index (χ4v) is 2.26. The number of anilines is 1. The second kappa shape index (κ2) is 3.67. The molecule has 0 saturated heterocycles. The van der Waals surface area contributed by atoms with Crippen molar-refractivity contribution in [3.63, 3.8) is 0 Å². The molecule has 17 heavy (non-hydrogen) atoms. The molecule has 1 aliphatic rings. The Morgan fingerprint density at radius 2 is 2.06 bits per heavy atom. The van der Waals surface area contributed by atoms with Crippen LogP contribution in [0.3, 0.4) is 0 Å². The molecule has 1 atom stereocenters. The molecule has 0 aromatic heterocycles. The van der Waals surface area contributed by atoms with E-state index in [-0.39, 0.29) is 17.2 Å². The first-order chi connectivity index (χ1) is 7.80. The second-order valence-electron chi connectivity index (χ2n) is 3.64. The molecule has 0 radical (unpaired) electrons. The monoisotopic (exact) mass is 261 g/mol. The fourth-order valence-electron chi connectivity index (χ4n) is 1.51. The van der Waals surface area contributed by atoms with Gasteiger partial charge in [0.05, 0.1) is 5.69 Å². The lowest BCUT2D eigenvalue weighted by molar-refractivity contribution is 0.223. The van der Waals surface area contributed by atoms with Crippen molar-refractivity contribution in [1.82, 2.24) is 0 Å². The summed E-state index contributed by atoms with van der Waals surface area (Å²) in [4.78, 5) is 0. The van der Waals surface area contributed by atoms with Gasteiger partial charge < -0.3 is 23.9 Å². The lowest BCUT2D eigenvalue weighted by Crippen LogP contribution is -2.23. The molecule has 0 spiro atoms. The quantitative estimate of drug-likeness (QED) is 0.664. The number of aliphatic hydroxyl groups excluding tert-OH is 1. The van der Waals surface area contributed by atoms with Crippen molar-refractivity contribution < 1.29 is 27.0 Å². The van der Waals surface area contributed by atoms with Crippen LogP contribution in [0.25, 0.3) is 0 Å². The third kappa shape index (κ3) is 2.08. The van der Waals surface area contributed by atoms with Gasteiger partial charge in [0.25, 0.3) is 0 Å². The van der Waals surface area contributed by atoms with Crippen LogP contribution in [0.15, 0.2) is 6.07 Å². The molecule has 0 amide bonds. The van der Waals surface area contributed by atoms with E-state index >= 15 is 0 Å². The number of phenolic OH excluding ortho intramolecular Hbond substituents is 1. The number of phenols is 1. The highest BCUT2D eigenvalue weighted by atomic mass is 32.3. The van der Waals surface area contributed by atoms with Crippen LogP contribution in [0.1, 0.15) is 12.5 Å². The topological polar surface area (TPSA) is 105 Å². The number of nitrogens with one attached hydrogen (secondary N) is 1. The molecule has 1 aliphatic heterocycles. The molecule has 2 rings (SSSR count). The minimum atomic E-state index is -4.21. The molecule has 1 unspecified atom stereocenters. The largest absolute Gasteiger partial charge is 0.502 e. The van der Waals surface area contributed by atoms with E-state index in [0.29, 0.717) is 5.56 Å². The molecule has 2 bridgehead atoms. The van der Waals surface area contributed by atoms with Crippen molar-refractivity contribution in [2.24, 2.45) is 0 Å². The number of aryl methyl sites for hydroxylation is 1. The Bertz CT molecular complexity index is 565. The molecule has 8 heteroatoms. The van der Waals surface area contributed by atoms with Gasteiger partial charge in [0, 0.05) is 0 Å². The summed E-state index contributed by atoms with van der Waals surface area (Å²) in [5.41, 5.74) is 0.775. The molecule has 0 saturated carbocycles. The molecule has 1 aromatic rings. The van der Waals surface area contributed by atoms with Gasteiger partial charge >= 0.3 is 10.4 Å². The van der Waals surface area contributed by atoms with Crippen molar-refractivity contribution >= 4 is 16.1 Å². The maximum Gasteiger partial charge on any atom is 0.501 e. The summed E-state index contributed by atoms with van der Waals surface area (Å²) in [6, 6.07) is 1.34. The number of benzene rings is 1. The molecule has 3 N–H and O–H groups in total. The number of rotatable bonds is 2. The Kier molecular flexibility index (Phi) is 2.55. The first-order valence-electron chi connectivity index (χ1n) is 4.75. The second-order valence-corrected chi connectivity index (χ2v) is 4.79. The molecular formula is C9H11NO6S. The van der Waals surface area contributed by atoms with Crippen molar-refractivity contribution in [3.05, 3.63) is 11.6 Å². The van der Waals surface area contributed by atoms with Crippen molar-refractivity contribution in [2.45, 2.75) is 20.1 Å². The van der Waals surface area contributed by atoms with E-state index in [4.69, 9.17) is 0 Å². The predicted molar refractivity (Wildman–Crippen MR) is 58.3 cm³/mol. The van der Waals surface area contributed by atoms with E-state index in [1.807, 2.05) is 0 Å². The standard InChI is InChI=1S/C9H11NO6S/c1-4-3-6-8(12)9(7(4)10-5(2)11)16-17(13,14)15-6/h3,5,10-12H,1-2H3. The van der Waals surface area contributed by atoms with Gasteiger partial charge in [-0.3, -0.25) is 0 Å². The molecular weight excluding hydrogens is 250 g/mol. The van der Waals surface area contributed by atoms with Gasteiger partial charge in [0.1, 0.15) is 6.23 Å². The summed E-state index contributed by atoms with van der Waals surface area (Å²) >= 11 is 0. The zero-order chi connectivity index (χ0) is 12.8. The summed E-state index contributed by atoms with van der Waals surface area (Å²) in [5, 5.41) is 21.5. The van der Waals surface area contributed by atoms with Crippen LogP contribution in [0, 0.1) is 6.92 Å². The van der Waals surface area contributed by atoms with Crippen molar-refractivity contribution in [1.29, 1.82) is 0 Å². The number of aromatic hydroxyl groups is 1. The number of fused-ring (bicyclic) bond motifs is 2. The molecule has 1 aromatic carbocycles. The van der Waals surface area contributed by atoms with E-state index in [2.05, 4.69) is 13.7 Å². The van der Waals surface area contributed by atoms with Crippen LogP contribution in [0.2, 0.25) is 0 Å². The zero-order valence-corrected chi connectivity index (χ0v) is 9.91. The Labute approximate surface area is 97.9 Å². The molecule has 94 valence electrons. The Balaban J connectivity index is 2.61. The van der Waals surface area contributed by atoms with Crippen LogP contribution >= 0.6 is 0 Å². The highest BCUT2D eigenvalue weighted by Crippen LogP contribution is 2.48. The highest BCUT2D eigenvalue weighted by Gasteiger charge is 2.32. The Morgan fingerprint density at radius 3 is 2.65 bits per heavy atom. The SMILES string of the molecule is Cc1cc2c(O)c(c1NC(C)O)OS(=O)(=O)O2. The van der Waals surface area contributed by atoms with Gasteiger partial charge in [-0.05, 0) is 25.5 Å². The van der Waals surface area contributed by atoms with E-state index in [9.17, 15) is 18.6 Å². The van der Waals surface area contributed by atoms with E-state index in [1.54, 1.807) is 6.92 Å². The van der Waals surface area contributed by atoms with E-state index in [1.165, 1.54) is 13.0 Å². The molecule has 0 fully saturated rings. The number of hydrogen-bond acceptors (Lipinski definition) is 7. The van der Waals surface area contributed by atoms with Gasteiger partial charge in [-0.25, -0.2) is 0 Å². The lowest BCUT2D eigenvalue weighted by atomic mass is 10.1. The summed E-state index contributed by atoms with van der Waals surface area (Å²) in [7, 11) is -4.21. The normalized spacial score (nSPS) is 17.8. The van der Waals surface area contributed by atoms with Crippen LogP contribution in [0.4, 0.5) is 5.69 Å². The number of hydrogen-bond donors (Lipinski definition) is 3.